The molecule has 1 saturated heterocycles. The Morgan fingerprint density at radius 1 is 1.08 bits per heavy atom. The number of rotatable bonds is 5. The van der Waals surface area contributed by atoms with Crippen LogP contribution in [0, 0.1) is 0 Å². The minimum Gasteiger partial charge on any atom is -0.449 e. The van der Waals surface area contributed by atoms with Gasteiger partial charge in [-0.2, -0.15) is 13.5 Å². The van der Waals surface area contributed by atoms with E-state index in [1.165, 1.54) is 0 Å². The van der Waals surface area contributed by atoms with Gasteiger partial charge in [-0.25, -0.2) is 9.78 Å². The van der Waals surface area contributed by atoms with E-state index >= 15 is 0 Å². The molecule has 0 spiro atoms. The lowest BCUT2D eigenvalue weighted by atomic mass is 10.1. The Bertz CT molecular complexity index is 1280. The lowest BCUT2D eigenvalue weighted by molar-refractivity contribution is 0.0412. The van der Waals surface area contributed by atoms with Crippen LogP contribution in [0.5, 0.6) is 0 Å². The number of ether oxygens (including phenoxy) is 1. The number of carbonyl (C=O) groups excluding carboxylic acids is 3. The van der Waals surface area contributed by atoms with E-state index in [4.69, 9.17) is 27.1 Å². The van der Waals surface area contributed by atoms with E-state index < -0.39 is 5.91 Å². The number of nitrogens with zero attached hydrogens (tertiary/aromatic N) is 3. The standard InChI is InChI=1S/C26H27ClN4O4.H2S/c1-3-12-35-26(34)31-11-10-30(15-16(31)2)25(33)19-8-9-20-21(27)14-22(29-23(20)13-19)17-4-6-18(7-5-17)24(28)32;/h4-9,13-14,16H,3,10-12,15H2,1-2H3,(H2,28,32);1H2/t16-;/m0./s1. The lowest BCUT2D eigenvalue weighted by Crippen LogP contribution is -2.55. The second kappa shape index (κ2) is 11.6. The summed E-state index contributed by atoms with van der Waals surface area (Å²) < 4.78 is 5.25. The van der Waals surface area contributed by atoms with Gasteiger partial charge in [0.15, 0.2) is 0 Å². The maximum absolute atomic E-state index is 13.3. The molecule has 3 amide bonds. The summed E-state index contributed by atoms with van der Waals surface area (Å²) in [4.78, 5) is 45.0. The summed E-state index contributed by atoms with van der Waals surface area (Å²) in [7, 11) is 0. The van der Waals surface area contributed by atoms with Crippen LogP contribution in [0.1, 0.15) is 41.0 Å². The normalized spacial score (nSPS) is 15.4. The number of fused-ring (bicyclic) bond motifs is 1. The van der Waals surface area contributed by atoms with Crippen molar-refractivity contribution in [1.29, 1.82) is 0 Å². The zero-order chi connectivity index (χ0) is 25.1. The predicted molar refractivity (Wildman–Crippen MR) is 145 cm³/mol. The number of primary amides is 1. The van der Waals surface area contributed by atoms with Gasteiger partial charge in [0.05, 0.1) is 22.8 Å². The highest BCUT2D eigenvalue weighted by molar-refractivity contribution is 7.59. The SMILES string of the molecule is CCCOC(=O)N1CCN(C(=O)c2ccc3c(Cl)cc(-c4ccc(C(N)=O)cc4)nc3c2)C[C@@H]1C.S. The van der Waals surface area contributed by atoms with Gasteiger partial charge < -0.3 is 20.3 Å². The maximum Gasteiger partial charge on any atom is 0.410 e. The molecular formula is C26H29ClN4O4S. The highest BCUT2D eigenvalue weighted by atomic mass is 35.5. The van der Waals surface area contributed by atoms with Crippen molar-refractivity contribution in [3.8, 4) is 11.3 Å². The van der Waals surface area contributed by atoms with Gasteiger partial charge in [-0.1, -0.05) is 36.7 Å². The van der Waals surface area contributed by atoms with Crippen molar-refractivity contribution in [3.63, 3.8) is 0 Å². The summed E-state index contributed by atoms with van der Waals surface area (Å²) in [5.41, 5.74) is 8.21. The summed E-state index contributed by atoms with van der Waals surface area (Å²) in [5.74, 6) is -0.633. The van der Waals surface area contributed by atoms with Crippen LogP contribution in [0.25, 0.3) is 22.2 Å². The number of hydrogen-bond acceptors (Lipinski definition) is 5. The maximum atomic E-state index is 13.3. The molecule has 2 heterocycles. The van der Waals surface area contributed by atoms with Crippen LogP contribution in [-0.4, -0.2) is 65.0 Å². The Balaban J connectivity index is 0.00000361. The molecule has 4 rings (SSSR count). The second-order valence-corrected chi connectivity index (χ2v) is 8.98. The first-order valence-corrected chi connectivity index (χ1v) is 11.9. The van der Waals surface area contributed by atoms with E-state index in [1.807, 2.05) is 13.8 Å². The monoisotopic (exact) mass is 528 g/mol. The molecule has 1 aliphatic heterocycles. The van der Waals surface area contributed by atoms with Crippen LogP contribution in [0.2, 0.25) is 5.02 Å². The fraction of sp³-hybridized carbons (Fsp3) is 0.308. The summed E-state index contributed by atoms with van der Waals surface area (Å²) in [6.45, 7) is 5.49. The zero-order valence-electron chi connectivity index (χ0n) is 20.2. The number of amides is 3. The predicted octanol–water partition coefficient (Wildman–Crippen LogP) is 4.46. The van der Waals surface area contributed by atoms with Gasteiger partial charge in [-0.15, -0.1) is 0 Å². The molecule has 3 aromatic rings. The number of halogens is 1. The van der Waals surface area contributed by atoms with Gasteiger partial charge in [-0.05, 0) is 43.7 Å². The molecule has 1 aliphatic rings. The van der Waals surface area contributed by atoms with E-state index in [1.54, 1.807) is 58.3 Å². The molecule has 36 heavy (non-hydrogen) atoms. The van der Waals surface area contributed by atoms with E-state index in [0.29, 0.717) is 53.6 Å². The molecule has 0 radical (unpaired) electrons. The number of aromatic nitrogens is 1. The van der Waals surface area contributed by atoms with Crippen LogP contribution in [0.4, 0.5) is 4.79 Å². The molecule has 0 unspecified atom stereocenters. The molecule has 1 fully saturated rings. The van der Waals surface area contributed by atoms with Gasteiger partial charge >= 0.3 is 6.09 Å². The topological polar surface area (TPSA) is 106 Å². The minimum absolute atomic E-state index is 0. The van der Waals surface area contributed by atoms with Crippen molar-refractivity contribution in [1.82, 2.24) is 14.8 Å². The molecule has 2 N–H and O–H groups in total. The van der Waals surface area contributed by atoms with Gasteiger partial charge in [0.1, 0.15) is 0 Å². The fourth-order valence-electron chi connectivity index (χ4n) is 4.14. The quantitative estimate of drug-likeness (QED) is 0.526. The van der Waals surface area contributed by atoms with Gasteiger partial charge in [0.25, 0.3) is 5.91 Å². The van der Waals surface area contributed by atoms with Crippen molar-refractivity contribution in [2.45, 2.75) is 26.3 Å². The Morgan fingerprint density at radius 3 is 2.42 bits per heavy atom. The Morgan fingerprint density at radius 2 is 1.78 bits per heavy atom. The third-order valence-electron chi connectivity index (χ3n) is 6.05. The number of hydrogen-bond donors (Lipinski definition) is 1. The first kappa shape index (κ1) is 27.3. The molecule has 2 aromatic carbocycles. The molecule has 8 nitrogen and oxygen atoms in total. The summed E-state index contributed by atoms with van der Waals surface area (Å²) in [5, 5.41) is 1.24. The van der Waals surface area contributed by atoms with Crippen molar-refractivity contribution in [2.75, 3.05) is 26.2 Å². The van der Waals surface area contributed by atoms with Crippen molar-refractivity contribution < 1.29 is 19.1 Å². The van der Waals surface area contributed by atoms with Gasteiger partial charge in [-0.3, -0.25) is 9.59 Å². The first-order valence-electron chi connectivity index (χ1n) is 11.5. The number of carbonyl (C=O) groups is 3. The van der Waals surface area contributed by atoms with Crippen LogP contribution >= 0.6 is 25.1 Å². The third kappa shape index (κ3) is 5.74. The summed E-state index contributed by atoms with van der Waals surface area (Å²) in [6, 6.07) is 13.6. The van der Waals surface area contributed by atoms with E-state index in [9.17, 15) is 14.4 Å². The Kier molecular flexibility index (Phi) is 8.81. The molecule has 190 valence electrons. The highest BCUT2D eigenvalue weighted by Crippen LogP contribution is 2.29. The Labute approximate surface area is 221 Å². The van der Waals surface area contributed by atoms with Crippen molar-refractivity contribution in [2.24, 2.45) is 5.73 Å². The number of benzene rings is 2. The van der Waals surface area contributed by atoms with Crippen molar-refractivity contribution in [3.05, 3.63) is 64.7 Å². The molecule has 0 bridgehead atoms. The smallest absolute Gasteiger partial charge is 0.410 e. The number of pyridine rings is 1. The number of piperazine rings is 1. The van der Waals surface area contributed by atoms with Crippen LogP contribution in [0.15, 0.2) is 48.5 Å². The van der Waals surface area contributed by atoms with Crippen LogP contribution in [-0.2, 0) is 4.74 Å². The van der Waals surface area contributed by atoms with Crippen LogP contribution in [0.3, 0.4) is 0 Å². The largest absolute Gasteiger partial charge is 0.449 e. The summed E-state index contributed by atoms with van der Waals surface area (Å²) in [6.07, 6.45) is 0.423. The van der Waals surface area contributed by atoms with E-state index in [0.717, 1.165) is 17.4 Å². The Hall–Kier alpha value is -3.30. The van der Waals surface area contributed by atoms with E-state index in [-0.39, 0.29) is 31.5 Å². The molecule has 1 atom stereocenters. The van der Waals surface area contributed by atoms with Gasteiger partial charge in [0, 0.05) is 47.8 Å². The fourth-order valence-corrected chi connectivity index (χ4v) is 4.40. The lowest BCUT2D eigenvalue weighted by Gasteiger charge is -2.39. The van der Waals surface area contributed by atoms with Gasteiger partial charge in [0.2, 0.25) is 5.91 Å². The zero-order valence-corrected chi connectivity index (χ0v) is 21.9. The van der Waals surface area contributed by atoms with Crippen LogP contribution < -0.4 is 5.73 Å². The average molecular weight is 529 g/mol. The molecular weight excluding hydrogens is 500 g/mol. The van der Waals surface area contributed by atoms with Crippen molar-refractivity contribution >= 4 is 53.9 Å². The minimum atomic E-state index is -0.503. The number of nitrogens with two attached hydrogens (primary N) is 1. The molecule has 0 saturated carbocycles. The summed E-state index contributed by atoms with van der Waals surface area (Å²) >= 11 is 6.52. The molecule has 10 heteroatoms. The molecule has 1 aromatic heterocycles. The highest BCUT2D eigenvalue weighted by Gasteiger charge is 2.31. The van der Waals surface area contributed by atoms with E-state index in [2.05, 4.69) is 0 Å². The average Bonchev–Trinajstić information content (AvgIpc) is 2.86. The first-order chi connectivity index (χ1) is 16.8. The third-order valence-corrected chi connectivity index (χ3v) is 6.36. The molecule has 0 aliphatic carbocycles. The second-order valence-electron chi connectivity index (χ2n) is 8.57.